The minimum atomic E-state index is 0.0208. The zero-order valence-corrected chi connectivity index (χ0v) is 34.6. The summed E-state index contributed by atoms with van der Waals surface area (Å²) in [7, 11) is 0. The molecule has 3 aromatic heterocycles. The van der Waals surface area contributed by atoms with Gasteiger partial charge in [0.25, 0.3) is 6.33 Å². The van der Waals surface area contributed by atoms with E-state index in [0.29, 0.717) is 0 Å². The molecule has 5 nitrogen and oxygen atoms in total. The summed E-state index contributed by atoms with van der Waals surface area (Å²) in [6, 6.07) is 60.2. The van der Waals surface area contributed by atoms with E-state index in [0.717, 1.165) is 85.0 Å². The number of benzene rings is 7. The van der Waals surface area contributed by atoms with Crippen LogP contribution in [0.5, 0.6) is 11.5 Å². The zero-order valence-electron chi connectivity index (χ0n) is 34.6. The molecule has 60 heavy (non-hydrogen) atoms. The highest BCUT2D eigenvalue weighted by Crippen LogP contribution is 2.39. The van der Waals surface area contributed by atoms with Gasteiger partial charge in [-0.1, -0.05) is 137 Å². The van der Waals surface area contributed by atoms with E-state index < -0.39 is 0 Å². The normalized spacial score (nSPS) is 11.8. The quantitative estimate of drug-likeness (QED) is 0.114. The topological polar surface area (TPSA) is 35.9 Å². The van der Waals surface area contributed by atoms with E-state index in [4.69, 9.17) is 9.72 Å². The molecule has 0 spiro atoms. The number of hydrogen-bond donors (Lipinski definition) is 0. The molecule has 10 rings (SSSR count). The summed E-state index contributed by atoms with van der Waals surface area (Å²) in [6.07, 6.45) is 6.68. The van der Waals surface area contributed by atoms with Gasteiger partial charge in [0.2, 0.25) is 0 Å². The van der Waals surface area contributed by atoms with Crippen LogP contribution in [0, 0.1) is 13.3 Å². The second-order valence-electron chi connectivity index (χ2n) is 16.6. The summed E-state index contributed by atoms with van der Waals surface area (Å²) >= 11 is 0. The Morgan fingerprint density at radius 2 is 1.32 bits per heavy atom. The standard InChI is InChI=1S/C55H46N4O/c1-6-38-30-31-56-52(32-38)59-49-29-26-41(55(3,4)5)33-48(49)47-28-27-44(35-51(47)59)60-43-22-14-21-42(34-43)57-36-58(53-37(2)16-13-25-50(53)57)54-45(39-17-9-7-10-18-39)23-15-24-46(54)40-19-11-8-12-20-40/h7-35H,6H2,1-5H3. The first-order valence-corrected chi connectivity index (χ1v) is 20.8. The van der Waals surface area contributed by atoms with Gasteiger partial charge in [-0.15, -0.1) is 0 Å². The fourth-order valence-electron chi connectivity index (χ4n) is 8.57. The molecule has 0 aliphatic heterocycles. The molecule has 5 heteroatoms. The number of nitrogens with zero attached hydrogens (tertiary/aromatic N) is 4. The predicted molar refractivity (Wildman–Crippen MR) is 246 cm³/mol. The Balaban J connectivity index is 1.10. The number of para-hydroxylation sites is 2. The van der Waals surface area contributed by atoms with Crippen molar-refractivity contribution in [2.75, 3.05) is 0 Å². The summed E-state index contributed by atoms with van der Waals surface area (Å²) in [5.74, 6) is 2.39. The fourth-order valence-corrected chi connectivity index (χ4v) is 8.57. The molecule has 0 fully saturated rings. The van der Waals surface area contributed by atoms with Crippen molar-refractivity contribution in [3.8, 4) is 50.9 Å². The highest BCUT2D eigenvalue weighted by Gasteiger charge is 2.22. The van der Waals surface area contributed by atoms with Crippen LogP contribution in [0.1, 0.15) is 44.4 Å². The molecule has 0 saturated carbocycles. The number of ether oxygens (including phenoxy) is 1. The molecule has 0 radical (unpaired) electrons. The molecule has 0 bridgehead atoms. The van der Waals surface area contributed by atoms with Gasteiger partial charge in [-0.3, -0.25) is 13.7 Å². The molecule has 0 saturated heterocycles. The van der Waals surface area contributed by atoms with Gasteiger partial charge in [-0.05, 0) is 112 Å². The highest BCUT2D eigenvalue weighted by atomic mass is 16.5. The molecular weight excluding hydrogens is 733 g/mol. The van der Waals surface area contributed by atoms with Crippen molar-refractivity contribution < 1.29 is 9.30 Å². The molecule has 0 aliphatic carbocycles. The Labute approximate surface area is 351 Å². The maximum absolute atomic E-state index is 6.77. The van der Waals surface area contributed by atoms with Gasteiger partial charge in [0, 0.05) is 23.0 Å². The smallest absolute Gasteiger partial charge is 0.269 e. The lowest BCUT2D eigenvalue weighted by atomic mass is 9.86. The van der Waals surface area contributed by atoms with Crippen LogP contribution >= 0.6 is 0 Å². The van der Waals surface area contributed by atoms with Crippen LogP contribution in [0.4, 0.5) is 0 Å². The Morgan fingerprint density at radius 3 is 2.03 bits per heavy atom. The van der Waals surface area contributed by atoms with Gasteiger partial charge in [0.05, 0.1) is 33.4 Å². The largest absolute Gasteiger partial charge is 0.458 e. The monoisotopic (exact) mass is 778 g/mol. The molecule has 0 atom stereocenters. The van der Waals surface area contributed by atoms with Crippen molar-refractivity contribution in [2.24, 2.45) is 0 Å². The van der Waals surface area contributed by atoms with Crippen LogP contribution < -0.4 is 9.30 Å². The second-order valence-corrected chi connectivity index (χ2v) is 16.6. The molecule has 0 unspecified atom stereocenters. The average molecular weight is 779 g/mol. The molecule has 0 aliphatic rings. The van der Waals surface area contributed by atoms with E-state index in [2.05, 4.69) is 218 Å². The van der Waals surface area contributed by atoms with Gasteiger partial charge in [-0.2, -0.15) is 0 Å². The Kier molecular flexibility index (Phi) is 9.17. The van der Waals surface area contributed by atoms with Crippen molar-refractivity contribution in [2.45, 2.75) is 46.5 Å². The molecule has 7 aromatic carbocycles. The van der Waals surface area contributed by atoms with Crippen LogP contribution in [0.2, 0.25) is 0 Å². The minimum absolute atomic E-state index is 0.0208. The number of imidazole rings is 1. The van der Waals surface area contributed by atoms with Crippen molar-refractivity contribution >= 4 is 32.8 Å². The van der Waals surface area contributed by atoms with Crippen LogP contribution in [-0.2, 0) is 11.8 Å². The molecule has 0 N–H and O–H groups in total. The first kappa shape index (κ1) is 37.1. The molecular formula is C55H46N4O. The Bertz CT molecular complexity index is 3150. The lowest BCUT2D eigenvalue weighted by Crippen LogP contribution is -2.32. The van der Waals surface area contributed by atoms with Gasteiger partial charge >= 0.3 is 0 Å². The van der Waals surface area contributed by atoms with Crippen molar-refractivity contribution in [3.63, 3.8) is 0 Å². The van der Waals surface area contributed by atoms with Gasteiger partial charge in [-0.25, -0.2) is 4.98 Å². The van der Waals surface area contributed by atoms with E-state index >= 15 is 0 Å². The van der Waals surface area contributed by atoms with Crippen molar-refractivity contribution in [3.05, 3.63) is 199 Å². The SMILES string of the molecule is CCc1ccnc(-n2c3ccc(C(C)(C)C)cc3c3ccc(Oc4cccc(-n5[c-][n+](-c6c(-c7ccccc7)cccc6-c6ccccc6)c6c(C)cccc65)c4)cc32)c1. The van der Waals surface area contributed by atoms with Gasteiger partial charge < -0.3 is 4.74 Å². The van der Waals surface area contributed by atoms with E-state index in [-0.39, 0.29) is 5.41 Å². The average Bonchev–Trinajstić information content (AvgIpc) is 3.83. The van der Waals surface area contributed by atoms with Gasteiger partial charge in [0.15, 0.2) is 0 Å². The molecule has 0 amide bonds. The van der Waals surface area contributed by atoms with E-state index in [1.807, 2.05) is 12.3 Å². The fraction of sp³-hybridized carbons (Fsp3) is 0.127. The van der Waals surface area contributed by atoms with Crippen molar-refractivity contribution in [1.29, 1.82) is 0 Å². The van der Waals surface area contributed by atoms with Crippen LogP contribution in [0.15, 0.2) is 176 Å². The summed E-state index contributed by atoms with van der Waals surface area (Å²) in [5.41, 5.74) is 14.7. The van der Waals surface area contributed by atoms with E-state index in [1.165, 1.54) is 21.9 Å². The Hall–Kier alpha value is -7.24. The number of aromatic nitrogens is 4. The van der Waals surface area contributed by atoms with E-state index in [9.17, 15) is 0 Å². The first-order chi connectivity index (χ1) is 29.2. The third-order valence-electron chi connectivity index (χ3n) is 11.7. The maximum Gasteiger partial charge on any atom is 0.269 e. The number of fused-ring (bicyclic) bond motifs is 4. The summed E-state index contributed by atoms with van der Waals surface area (Å²) in [5, 5.41) is 2.37. The lowest BCUT2D eigenvalue weighted by Gasteiger charge is -2.19. The number of hydrogen-bond acceptors (Lipinski definition) is 2. The Morgan fingerprint density at radius 1 is 0.617 bits per heavy atom. The lowest BCUT2D eigenvalue weighted by molar-refractivity contribution is -0.571. The van der Waals surface area contributed by atoms with Gasteiger partial charge in [0.1, 0.15) is 17.3 Å². The molecule has 3 heterocycles. The summed E-state index contributed by atoms with van der Waals surface area (Å²) in [4.78, 5) is 4.87. The number of aryl methyl sites for hydroxylation is 2. The minimum Gasteiger partial charge on any atom is -0.458 e. The number of rotatable bonds is 8. The molecule has 292 valence electrons. The first-order valence-electron chi connectivity index (χ1n) is 20.8. The predicted octanol–water partition coefficient (Wildman–Crippen LogP) is 13.5. The molecule has 10 aromatic rings. The van der Waals surface area contributed by atoms with E-state index in [1.54, 1.807) is 0 Å². The highest BCUT2D eigenvalue weighted by molar-refractivity contribution is 6.09. The third kappa shape index (κ3) is 6.53. The zero-order chi connectivity index (χ0) is 41.0. The van der Waals surface area contributed by atoms with Crippen LogP contribution in [-0.4, -0.2) is 14.1 Å². The maximum atomic E-state index is 6.77. The second kappa shape index (κ2) is 14.9. The van der Waals surface area contributed by atoms with Crippen molar-refractivity contribution in [1.82, 2.24) is 14.1 Å². The summed E-state index contributed by atoms with van der Waals surface area (Å²) < 4.78 is 13.5. The van der Waals surface area contributed by atoms with Crippen LogP contribution in [0.25, 0.3) is 72.3 Å². The summed E-state index contributed by atoms with van der Waals surface area (Å²) in [6.45, 7) is 11.2. The number of pyridine rings is 1. The van der Waals surface area contributed by atoms with Crippen LogP contribution in [0.3, 0.4) is 0 Å². The third-order valence-corrected chi connectivity index (χ3v) is 11.7.